The summed E-state index contributed by atoms with van der Waals surface area (Å²) in [4.78, 5) is 13.8. The lowest BCUT2D eigenvalue weighted by atomic mass is 10.1. The lowest BCUT2D eigenvalue weighted by molar-refractivity contribution is 0.101. The number of nitrogens with zero attached hydrogens (tertiary/aromatic N) is 1. The van der Waals surface area contributed by atoms with Crippen molar-refractivity contribution >= 4 is 5.78 Å². The highest BCUT2D eigenvalue weighted by molar-refractivity contribution is 5.96. The van der Waals surface area contributed by atoms with Gasteiger partial charge >= 0.3 is 0 Å². The second-order valence-corrected chi connectivity index (χ2v) is 4.97. The smallest absolute Gasteiger partial charge is 0.163 e. The molecular formula is C15H22N2O2. The van der Waals surface area contributed by atoms with Crippen LogP contribution in [0.25, 0.3) is 0 Å². The highest BCUT2D eigenvalue weighted by Crippen LogP contribution is 2.19. The number of rotatable bonds is 6. The van der Waals surface area contributed by atoms with Crippen molar-refractivity contribution in [1.29, 1.82) is 0 Å². The molecule has 0 saturated carbocycles. The van der Waals surface area contributed by atoms with E-state index in [2.05, 4.69) is 4.90 Å². The van der Waals surface area contributed by atoms with Crippen molar-refractivity contribution in [3.63, 3.8) is 0 Å². The van der Waals surface area contributed by atoms with Gasteiger partial charge in [-0.15, -0.1) is 0 Å². The number of carbonyl (C=O) groups excluding carboxylic acids is 1. The minimum absolute atomic E-state index is 0.0385. The van der Waals surface area contributed by atoms with Gasteiger partial charge in [0.15, 0.2) is 5.78 Å². The molecule has 1 fully saturated rings. The predicted octanol–water partition coefficient (Wildman–Crippen LogP) is 1.69. The van der Waals surface area contributed by atoms with Crippen LogP contribution in [0.2, 0.25) is 0 Å². The third-order valence-electron chi connectivity index (χ3n) is 3.67. The molecule has 1 aromatic rings. The van der Waals surface area contributed by atoms with Gasteiger partial charge in [0.1, 0.15) is 12.4 Å². The first-order valence-corrected chi connectivity index (χ1v) is 6.89. The summed E-state index contributed by atoms with van der Waals surface area (Å²) in [6.45, 7) is 4.84. The van der Waals surface area contributed by atoms with Crippen LogP contribution in [-0.4, -0.2) is 43.0 Å². The predicted molar refractivity (Wildman–Crippen MR) is 75.6 cm³/mol. The zero-order valence-corrected chi connectivity index (χ0v) is 11.5. The summed E-state index contributed by atoms with van der Waals surface area (Å²) < 4.78 is 5.75. The van der Waals surface area contributed by atoms with Crippen molar-refractivity contribution < 1.29 is 9.53 Å². The standard InChI is InChI=1S/C15H22N2O2/c1-12(18)14-6-2-3-7-15(14)19-10-9-17-8-4-5-13(17)11-16/h2-3,6-7,13H,4-5,8-11,16H2,1H3. The Morgan fingerprint density at radius 1 is 1.47 bits per heavy atom. The minimum Gasteiger partial charge on any atom is -0.491 e. The molecule has 1 aliphatic rings. The van der Waals surface area contributed by atoms with E-state index >= 15 is 0 Å². The number of benzene rings is 1. The fourth-order valence-electron chi connectivity index (χ4n) is 2.61. The lowest BCUT2D eigenvalue weighted by Crippen LogP contribution is -2.37. The van der Waals surface area contributed by atoms with E-state index in [0.717, 1.165) is 13.1 Å². The average Bonchev–Trinajstić information content (AvgIpc) is 2.86. The molecule has 1 saturated heterocycles. The molecule has 0 aromatic heterocycles. The van der Waals surface area contributed by atoms with Crippen molar-refractivity contribution in [3.05, 3.63) is 29.8 Å². The molecule has 1 aromatic carbocycles. The van der Waals surface area contributed by atoms with Crippen LogP contribution in [0.15, 0.2) is 24.3 Å². The maximum absolute atomic E-state index is 11.5. The van der Waals surface area contributed by atoms with Gasteiger partial charge in [-0.05, 0) is 38.4 Å². The van der Waals surface area contributed by atoms with Crippen molar-refractivity contribution in [1.82, 2.24) is 4.90 Å². The van der Waals surface area contributed by atoms with E-state index in [4.69, 9.17) is 10.5 Å². The zero-order valence-electron chi connectivity index (χ0n) is 11.5. The number of nitrogens with two attached hydrogens (primary N) is 1. The number of likely N-dealkylation sites (tertiary alicyclic amines) is 1. The Morgan fingerprint density at radius 3 is 3.00 bits per heavy atom. The van der Waals surface area contributed by atoms with E-state index in [1.165, 1.54) is 12.8 Å². The van der Waals surface area contributed by atoms with Crippen molar-refractivity contribution in [2.45, 2.75) is 25.8 Å². The second-order valence-electron chi connectivity index (χ2n) is 4.97. The van der Waals surface area contributed by atoms with E-state index in [1.807, 2.05) is 18.2 Å². The average molecular weight is 262 g/mol. The quantitative estimate of drug-likeness (QED) is 0.793. The normalized spacial score (nSPS) is 19.6. The van der Waals surface area contributed by atoms with Crippen LogP contribution in [-0.2, 0) is 0 Å². The van der Waals surface area contributed by atoms with Gasteiger partial charge in [0.25, 0.3) is 0 Å². The van der Waals surface area contributed by atoms with Crippen LogP contribution < -0.4 is 10.5 Å². The Bertz CT molecular complexity index is 434. The Kier molecular flexibility index (Phi) is 4.93. The molecule has 1 heterocycles. The van der Waals surface area contributed by atoms with E-state index in [1.54, 1.807) is 13.0 Å². The molecule has 1 unspecified atom stereocenters. The first-order chi connectivity index (χ1) is 9.22. The van der Waals surface area contributed by atoms with Gasteiger partial charge < -0.3 is 10.5 Å². The Hall–Kier alpha value is -1.39. The summed E-state index contributed by atoms with van der Waals surface area (Å²) >= 11 is 0. The fourth-order valence-corrected chi connectivity index (χ4v) is 2.61. The largest absolute Gasteiger partial charge is 0.491 e. The Balaban J connectivity index is 1.87. The monoisotopic (exact) mass is 262 g/mol. The molecule has 2 rings (SSSR count). The molecule has 0 spiro atoms. The lowest BCUT2D eigenvalue weighted by Gasteiger charge is -2.23. The van der Waals surface area contributed by atoms with E-state index in [-0.39, 0.29) is 5.78 Å². The van der Waals surface area contributed by atoms with Crippen LogP contribution in [0, 0.1) is 0 Å². The summed E-state index contributed by atoms with van der Waals surface area (Å²) in [5.74, 6) is 0.718. The van der Waals surface area contributed by atoms with E-state index in [9.17, 15) is 4.79 Å². The summed E-state index contributed by atoms with van der Waals surface area (Å²) in [5, 5.41) is 0. The van der Waals surface area contributed by atoms with Crippen molar-refractivity contribution in [2.75, 3.05) is 26.2 Å². The molecule has 1 atom stereocenters. The summed E-state index contributed by atoms with van der Waals surface area (Å²) in [7, 11) is 0. The molecule has 19 heavy (non-hydrogen) atoms. The summed E-state index contributed by atoms with van der Waals surface area (Å²) in [6, 6.07) is 7.89. The molecule has 1 aliphatic heterocycles. The Labute approximate surface area is 114 Å². The Morgan fingerprint density at radius 2 is 2.26 bits per heavy atom. The van der Waals surface area contributed by atoms with Gasteiger partial charge in [-0.25, -0.2) is 0 Å². The number of carbonyl (C=O) groups is 1. The molecule has 0 amide bonds. The maximum Gasteiger partial charge on any atom is 0.163 e. The highest BCUT2D eigenvalue weighted by Gasteiger charge is 2.22. The van der Waals surface area contributed by atoms with Gasteiger partial charge in [0, 0.05) is 19.1 Å². The fraction of sp³-hybridized carbons (Fsp3) is 0.533. The van der Waals surface area contributed by atoms with Gasteiger partial charge in [-0.1, -0.05) is 12.1 Å². The van der Waals surface area contributed by atoms with E-state index < -0.39 is 0 Å². The van der Waals surface area contributed by atoms with Crippen LogP contribution in [0.1, 0.15) is 30.1 Å². The number of ketones is 1. The molecular weight excluding hydrogens is 240 g/mol. The third-order valence-corrected chi connectivity index (χ3v) is 3.67. The molecule has 0 bridgehead atoms. The van der Waals surface area contributed by atoms with Gasteiger partial charge in [-0.3, -0.25) is 9.69 Å². The highest BCUT2D eigenvalue weighted by atomic mass is 16.5. The van der Waals surface area contributed by atoms with Crippen LogP contribution in [0.5, 0.6) is 5.75 Å². The number of para-hydroxylation sites is 1. The number of ether oxygens (including phenoxy) is 1. The van der Waals surface area contributed by atoms with Gasteiger partial charge in [-0.2, -0.15) is 0 Å². The van der Waals surface area contributed by atoms with Gasteiger partial charge in [0.2, 0.25) is 0 Å². The first-order valence-electron chi connectivity index (χ1n) is 6.89. The molecule has 4 nitrogen and oxygen atoms in total. The molecule has 0 radical (unpaired) electrons. The second kappa shape index (κ2) is 6.68. The zero-order chi connectivity index (χ0) is 13.7. The van der Waals surface area contributed by atoms with E-state index in [0.29, 0.717) is 30.5 Å². The maximum atomic E-state index is 11.5. The number of hydrogen-bond donors (Lipinski definition) is 1. The first kappa shape index (κ1) is 14.0. The van der Waals surface area contributed by atoms with Crippen LogP contribution >= 0.6 is 0 Å². The number of hydrogen-bond acceptors (Lipinski definition) is 4. The van der Waals surface area contributed by atoms with Crippen LogP contribution in [0.3, 0.4) is 0 Å². The van der Waals surface area contributed by atoms with Gasteiger partial charge in [0.05, 0.1) is 5.56 Å². The topological polar surface area (TPSA) is 55.6 Å². The molecule has 104 valence electrons. The number of Topliss-reactive ketones (excluding diaryl/α,β-unsaturated/α-hetero) is 1. The third kappa shape index (κ3) is 3.55. The molecule has 0 aliphatic carbocycles. The SMILES string of the molecule is CC(=O)c1ccccc1OCCN1CCCC1CN. The van der Waals surface area contributed by atoms with Crippen LogP contribution in [0.4, 0.5) is 0 Å². The minimum atomic E-state index is 0.0385. The summed E-state index contributed by atoms with van der Waals surface area (Å²) in [5.41, 5.74) is 6.40. The molecule has 2 N–H and O–H groups in total. The van der Waals surface area contributed by atoms with Crippen molar-refractivity contribution in [3.8, 4) is 5.75 Å². The molecule has 4 heteroatoms. The summed E-state index contributed by atoms with van der Waals surface area (Å²) in [6.07, 6.45) is 2.40. The van der Waals surface area contributed by atoms with Crippen molar-refractivity contribution in [2.24, 2.45) is 5.73 Å².